The van der Waals surface area contributed by atoms with Gasteiger partial charge in [-0.3, -0.25) is 9.52 Å². The number of hydrogen-bond acceptors (Lipinski definition) is 4. The average Bonchev–Trinajstić information content (AvgIpc) is 2.87. The van der Waals surface area contributed by atoms with Gasteiger partial charge in [0.05, 0.1) is 15.5 Å². The number of thiophene rings is 1. The molecule has 0 aliphatic carbocycles. The van der Waals surface area contributed by atoms with Crippen LogP contribution in [0.25, 0.3) is 0 Å². The molecule has 2 N–H and O–H groups in total. The maximum atomic E-state index is 12.2. The van der Waals surface area contributed by atoms with Crippen LogP contribution in [0.5, 0.6) is 0 Å². The molecule has 2 rings (SSSR count). The molecule has 0 aliphatic heterocycles. The molecule has 1 amide bonds. The standard InChI is InChI=1S/C12H11ClN2O3S2/c1-14-12(16)11-6-10(7-19-11)20(17,18)15-9-4-2-3-8(13)5-9/h2-7,15H,1H3,(H,14,16). The van der Waals surface area contributed by atoms with Gasteiger partial charge < -0.3 is 5.32 Å². The normalized spacial score (nSPS) is 11.1. The maximum Gasteiger partial charge on any atom is 0.262 e. The molecule has 0 radical (unpaired) electrons. The van der Waals surface area contributed by atoms with Crippen LogP contribution < -0.4 is 10.0 Å². The van der Waals surface area contributed by atoms with E-state index in [0.29, 0.717) is 15.6 Å². The highest BCUT2D eigenvalue weighted by atomic mass is 35.5. The van der Waals surface area contributed by atoms with Gasteiger partial charge in [0.2, 0.25) is 0 Å². The first-order valence-corrected chi connectivity index (χ1v) is 8.25. The Bertz CT molecular complexity index is 741. The quantitative estimate of drug-likeness (QED) is 0.904. The minimum atomic E-state index is -3.73. The summed E-state index contributed by atoms with van der Waals surface area (Å²) in [5.74, 6) is -0.320. The summed E-state index contributed by atoms with van der Waals surface area (Å²) in [6, 6.07) is 7.72. The van der Waals surface area contributed by atoms with Gasteiger partial charge in [-0.2, -0.15) is 0 Å². The molecule has 0 saturated carbocycles. The summed E-state index contributed by atoms with van der Waals surface area (Å²) in [6.07, 6.45) is 0. The highest BCUT2D eigenvalue weighted by Gasteiger charge is 2.18. The van der Waals surface area contributed by atoms with E-state index in [0.717, 1.165) is 11.3 Å². The number of halogens is 1. The van der Waals surface area contributed by atoms with Gasteiger partial charge in [0.25, 0.3) is 15.9 Å². The predicted molar refractivity (Wildman–Crippen MR) is 80.0 cm³/mol. The van der Waals surface area contributed by atoms with Crippen molar-refractivity contribution in [3.63, 3.8) is 0 Å². The first-order chi connectivity index (χ1) is 9.42. The third-order valence-corrected chi connectivity index (χ3v) is 5.09. The van der Waals surface area contributed by atoms with Gasteiger partial charge in [0.15, 0.2) is 0 Å². The van der Waals surface area contributed by atoms with Crippen LogP contribution in [0.2, 0.25) is 5.02 Å². The Morgan fingerprint density at radius 3 is 2.70 bits per heavy atom. The maximum absolute atomic E-state index is 12.2. The summed E-state index contributed by atoms with van der Waals surface area (Å²) < 4.78 is 26.7. The lowest BCUT2D eigenvalue weighted by molar-refractivity contribution is 0.0967. The van der Waals surface area contributed by atoms with Crippen LogP contribution in [-0.4, -0.2) is 21.4 Å². The van der Waals surface area contributed by atoms with E-state index in [9.17, 15) is 13.2 Å². The minimum absolute atomic E-state index is 0.0427. The van der Waals surface area contributed by atoms with Gasteiger partial charge >= 0.3 is 0 Å². The van der Waals surface area contributed by atoms with Crippen LogP contribution in [0.15, 0.2) is 40.6 Å². The van der Waals surface area contributed by atoms with Gasteiger partial charge in [-0.15, -0.1) is 11.3 Å². The van der Waals surface area contributed by atoms with Crippen LogP contribution in [-0.2, 0) is 10.0 Å². The zero-order chi connectivity index (χ0) is 14.8. The Morgan fingerprint density at radius 1 is 1.30 bits per heavy atom. The molecule has 0 saturated heterocycles. The predicted octanol–water partition coefficient (Wildman–Crippen LogP) is 2.56. The van der Waals surface area contributed by atoms with E-state index in [-0.39, 0.29) is 10.8 Å². The molecule has 0 atom stereocenters. The Kier molecular flexibility index (Phi) is 4.32. The van der Waals surface area contributed by atoms with Crippen LogP contribution in [0.1, 0.15) is 9.67 Å². The van der Waals surface area contributed by atoms with Crippen molar-refractivity contribution in [2.24, 2.45) is 0 Å². The number of amides is 1. The van der Waals surface area contributed by atoms with E-state index in [1.165, 1.54) is 24.6 Å². The Hall–Kier alpha value is -1.57. The molecular weight excluding hydrogens is 320 g/mol. The van der Waals surface area contributed by atoms with E-state index in [1.54, 1.807) is 18.2 Å². The summed E-state index contributed by atoms with van der Waals surface area (Å²) in [5.41, 5.74) is 0.366. The largest absolute Gasteiger partial charge is 0.354 e. The number of carbonyl (C=O) groups excluding carboxylic acids is 1. The second-order valence-corrected chi connectivity index (χ2v) is 6.87. The third-order valence-electron chi connectivity index (χ3n) is 2.41. The zero-order valence-electron chi connectivity index (χ0n) is 10.4. The fraction of sp³-hybridized carbons (Fsp3) is 0.0833. The van der Waals surface area contributed by atoms with Crippen LogP contribution in [0.4, 0.5) is 5.69 Å². The number of nitrogens with one attached hydrogen (secondary N) is 2. The topological polar surface area (TPSA) is 75.3 Å². The lowest BCUT2D eigenvalue weighted by atomic mass is 10.3. The lowest BCUT2D eigenvalue weighted by Crippen LogP contribution is -2.16. The van der Waals surface area contributed by atoms with Gasteiger partial charge in [-0.1, -0.05) is 17.7 Å². The second kappa shape index (κ2) is 5.82. The van der Waals surface area contributed by atoms with Crippen molar-refractivity contribution >= 4 is 44.6 Å². The minimum Gasteiger partial charge on any atom is -0.354 e. The van der Waals surface area contributed by atoms with Gasteiger partial charge in [-0.05, 0) is 24.3 Å². The number of anilines is 1. The monoisotopic (exact) mass is 330 g/mol. The van der Waals surface area contributed by atoms with E-state index in [2.05, 4.69) is 10.0 Å². The fourth-order valence-corrected chi connectivity index (χ4v) is 3.93. The van der Waals surface area contributed by atoms with Crippen molar-refractivity contribution in [3.8, 4) is 0 Å². The zero-order valence-corrected chi connectivity index (χ0v) is 12.8. The summed E-state index contributed by atoms with van der Waals surface area (Å²) >= 11 is 6.86. The third kappa shape index (κ3) is 3.30. The van der Waals surface area contributed by atoms with Gasteiger partial charge in [-0.25, -0.2) is 8.42 Å². The molecule has 106 valence electrons. The van der Waals surface area contributed by atoms with Crippen molar-refractivity contribution in [1.29, 1.82) is 0 Å². The van der Waals surface area contributed by atoms with Crippen molar-refractivity contribution in [2.75, 3.05) is 11.8 Å². The Morgan fingerprint density at radius 2 is 2.05 bits per heavy atom. The molecule has 1 aromatic carbocycles. The summed E-state index contributed by atoms with van der Waals surface area (Å²) in [5, 5.41) is 4.29. The molecule has 8 heteroatoms. The van der Waals surface area contributed by atoms with E-state index in [1.807, 2.05) is 0 Å². The molecule has 2 aromatic rings. The highest BCUT2D eigenvalue weighted by molar-refractivity contribution is 7.92. The second-order valence-electron chi connectivity index (χ2n) is 3.84. The average molecular weight is 331 g/mol. The molecule has 0 fully saturated rings. The molecule has 0 aliphatic rings. The highest BCUT2D eigenvalue weighted by Crippen LogP contribution is 2.23. The number of sulfonamides is 1. The SMILES string of the molecule is CNC(=O)c1cc(S(=O)(=O)Nc2cccc(Cl)c2)cs1. The first kappa shape index (κ1) is 14.8. The van der Waals surface area contributed by atoms with Crippen molar-refractivity contribution < 1.29 is 13.2 Å². The number of carbonyl (C=O) groups is 1. The van der Waals surface area contributed by atoms with E-state index >= 15 is 0 Å². The molecule has 1 aromatic heterocycles. The molecular formula is C12H11ClN2O3S2. The van der Waals surface area contributed by atoms with Crippen LogP contribution >= 0.6 is 22.9 Å². The Labute approximate surface area is 125 Å². The number of benzene rings is 1. The smallest absolute Gasteiger partial charge is 0.262 e. The van der Waals surface area contributed by atoms with Crippen LogP contribution in [0.3, 0.4) is 0 Å². The van der Waals surface area contributed by atoms with Crippen molar-refractivity contribution in [3.05, 3.63) is 45.6 Å². The van der Waals surface area contributed by atoms with E-state index < -0.39 is 10.0 Å². The van der Waals surface area contributed by atoms with E-state index in [4.69, 9.17) is 11.6 Å². The van der Waals surface area contributed by atoms with Gasteiger partial charge in [0.1, 0.15) is 0 Å². The molecule has 0 unspecified atom stereocenters. The molecule has 0 spiro atoms. The summed E-state index contributed by atoms with van der Waals surface area (Å²) in [4.78, 5) is 11.8. The molecule has 20 heavy (non-hydrogen) atoms. The lowest BCUT2D eigenvalue weighted by Gasteiger charge is -2.06. The summed E-state index contributed by atoms with van der Waals surface area (Å²) in [6.45, 7) is 0. The Balaban J connectivity index is 2.27. The number of rotatable bonds is 4. The molecule has 5 nitrogen and oxygen atoms in total. The van der Waals surface area contributed by atoms with Crippen molar-refractivity contribution in [2.45, 2.75) is 4.90 Å². The molecule has 0 bridgehead atoms. The molecule has 1 heterocycles. The van der Waals surface area contributed by atoms with Crippen molar-refractivity contribution in [1.82, 2.24) is 5.32 Å². The van der Waals surface area contributed by atoms with Gasteiger partial charge in [0, 0.05) is 17.5 Å². The number of hydrogen-bond donors (Lipinski definition) is 2. The fourth-order valence-electron chi connectivity index (χ4n) is 1.47. The van der Waals surface area contributed by atoms with Crippen LogP contribution in [0, 0.1) is 0 Å². The first-order valence-electron chi connectivity index (χ1n) is 5.51. The summed E-state index contributed by atoms with van der Waals surface area (Å²) in [7, 11) is -2.24.